The number of amides is 1. The van der Waals surface area contributed by atoms with E-state index in [4.69, 9.17) is 9.84 Å². The van der Waals surface area contributed by atoms with Crippen LogP contribution in [0.15, 0.2) is 12.1 Å². The highest BCUT2D eigenvalue weighted by Gasteiger charge is 2.57. The zero-order chi connectivity index (χ0) is 15.4. The van der Waals surface area contributed by atoms with Crippen LogP contribution in [0.2, 0.25) is 0 Å². The number of carboxylic acids is 1. The van der Waals surface area contributed by atoms with Crippen LogP contribution in [0.3, 0.4) is 0 Å². The average molecular weight is 304 g/mol. The van der Waals surface area contributed by atoms with Gasteiger partial charge in [-0.25, -0.2) is 4.79 Å². The summed E-state index contributed by atoms with van der Waals surface area (Å²) in [6.07, 6.45) is -4.97. The van der Waals surface area contributed by atoms with Gasteiger partial charge in [-0.2, -0.15) is 13.2 Å². The van der Waals surface area contributed by atoms with E-state index in [0.29, 0.717) is 5.69 Å². The second-order valence-electron chi connectivity index (χ2n) is 5.04. The molecule has 3 heterocycles. The summed E-state index contributed by atoms with van der Waals surface area (Å²) in [7, 11) is 0. The Hall–Kier alpha value is -2.03. The van der Waals surface area contributed by atoms with Crippen molar-refractivity contribution in [2.45, 2.75) is 18.3 Å². The molecule has 1 N–H and O–H groups in total. The van der Waals surface area contributed by atoms with E-state index in [0.717, 1.165) is 4.90 Å². The van der Waals surface area contributed by atoms with E-state index in [9.17, 15) is 22.8 Å². The number of ether oxygens (including phenoxy) is 1. The fourth-order valence-electron chi connectivity index (χ4n) is 2.90. The third kappa shape index (κ3) is 1.84. The Morgan fingerprint density at radius 3 is 2.38 bits per heavy atom. The largest absolute Gasteiger partial charge is 0.477 e. The molecule has 1 fully saturated rings. The van der Waals surface area contributed by atoms with Crippen molar-refractivity contribution in [2.24, 2.45) is 0 Å². The van der Waals surface area contributed by atoms with Crippen LogP contribution in [0.1, 0.15) is 16.2 Å². The number of aromatic carboxylic acids is 1. The number of rotatable bonds is 1. The third-order valence-electron chi connectivity index (χ3n) is 3.91. The van der Waals surface area contributed by atoms with Gasteiger partial charge in [-0.15, -0.1) is 0 Å². The molecule has 0 aliphatic carbocycles. The molecule has 2 aliphatic heterocycles. The van der Waals surface area contributed by atoms with Crippen LogP contribution in [0.4, 0.5) is 13.2 Å². The number of aromatic nitrogens is 1. The zero-order valence-electron chi connectivity index (χ0n) is 10.7. The van der Waals surface area contributed by atoms with Crippen molar-refractivity contribution in [2.75, 3.05) is 19.8 Å². The lowest BCUT2D eigenvalue weighted by molar-refractivity contribution is -0.216. The minimum absolute atomic E-state index is 0.00428. The molecular weight excluding hydrogens is 293 g/mol. The number of halogens is 3. The number of alkyl halides is 3. The molecule has 6 nitrogen and oxygen atoms in total. The predicted octanol–water partition coefficient (Wildman–Crippen LogP) is 0.816. The smallest absolute Gasteiger partial charge is 0.471 e. The van der Waals surface area contributed by atoms with Gasteiger partial charge in [0.25, 0.3) is 0 Å². The van der Waals surface area contributed by atoms with E-state index in [1.165, 1.54) is 16.7 Å². The number of carbonyl (C=O) groups is 2. The molecule has 114 valence electrons. The minimum Gasteiger partial charge on any atom is -0.477 e. The van der Waals surface area contributed by atoms with Crippen molar-refractivity contribution >= 4 is 11.9 Å². The van der Waals surface area contributed by atoms with Crippen molar-refractivity contribution in [3.05, 3.63) is 23.5 Å². The monoisotopic (exact) mass is 304 g/mol. The lowest BCUT2D eigenvalue weighted by atomic mass is 9.88. The molecule has 0 saturated carbocycles. The summed E-state index contributed by atoms with van der Waals surface area (Å²) in [4.78, 5) is 23.5. The first kappa shape index (κ1) is 13.9. The number of carboxylic acid groups (broad SMARTS) is 1. The lowest BCUT2D eigenvalue weighted by Crippen LogP contribution is -2.66. The molecule has 1 saturated heterocycles. The summed E-state index contributed by atoms with van der Waals surface area (Å²) in [5.74, 6) is -3.08. The molecule has 3 rings (SSSR count). The molecule has 9 heteroatoms. The van der Waals surface area contributed by atoms with Gasteiger partial charge in [0, 0.05) is 18.8 Å². The summed E-state index contributed by atoms with van der Waals surface area (Å²) in [5.41, 5.74) is -0.858. The molecule has 0 bridgehead atoms. The molecule has 1 aromatic heterocycles. The van der Waals surface area contributed by atoms with Gasteiger partial charge in [0.05, 0.1) is 13.2 Å². The molecule has 0 radical (unpaired) electrons. The van der Waals surface area contributed by atoms with Gasteiger partial charge in [0.1, 0.15) is 11.2 Å². The third-order valence-corrected chi connectivity index (χ3v) is 3.91. The van der Waals surface area contributed by atoms with Crippen LogP contribution in [0.25, 0.3) is 0 Å². The summed E-state index contributed by atoms with van der Waals surface area (Å²) in [6, 6.07) is 2.78. The molecule has 1 spiro atoms. The molecule has 0 aromatic carbocycles. The SMILES string of the molecule is O=C(O)c1ccc2n1CCN(C(=O)C(F)(F)F)C21COC1. The van der Waals surface area contributed by atoms with Gasteiger partial charge in [-0.1, -0.05) is 0 Å². The highest BCUT2D eigenvalue weighted by molar-refractivity contribution is 5.87. The summed E-state index contributed by atoms with van der Waals surface area (Å²) >= 11 is 0. The molecule has 1 amide bonds. The number of hydrogen-bond acceptors (Lipinski definition) is 3. The van der Waals surface area contributed by atoms with Gasteiger partial charge in [0.2, 0.25) is 0 Å². The number of nitrogens with zero attached hydrogens (tertiary/aromatic N) is 2. The van der Waals surface area contributed by atoms with E-state index in [2.05, 4.69) is 0 Å². The summed E-state index contributed by atoms with van der Waals surface area (Å²) < 4.78 is 44.6. The Morgan fingerprint density at radius 1 is 1.24 bits per heavy atom. The maximum absolute atomic E-state index is 12.7. The molecule has 21 heavy (non-hydrogen) atoms. The molecule has 0 unspecified atom stereocenters. The van der Waals surface area contributed by atoms with Crippen molar-refractivity contribution < 1.29 is 32.6 Å². The lowest BCUT2D eigenvalue weighted by Gasteiger charge is -2.52. The molecule has 1 aromatic rings. The fraction of sp³-hybridized carbons (Fsp3) is 0.500. The van der Waals surface area contributed by atoms with Crippen molar-refractivity contribution in [1.29, 1.82) is 0 Å². The Kier molecular flexibility index (Phi) is 2.81. The van der Waals surface area contributed by atoms with E-state index < -0.39 is 23.6 Å². The van der Waals surface area contributed by atoms with Crippen LogP contribution in [-0.4, -0.2) is 52.4 Å². The van der Waals surface area contributed by atoms with Crippen molar-refractivity contribution in [1.82, 2.24) is 9.47 Å². The standard InChI is InChI=1S/C12H11F3N2O4/c13-12(14,15)10(20)17-4-3-16-7(9(18)19)1-2-8(16)11(17)5-21-6-11/h1-2H,3-6H2,(H,18,19). The first-order valence-electron chi connectivity index (χ1n) is 6.17. The molecule has 2 aliphatic rings. The topological polar surface area (TPSA) is 71.8 Å². The van der Waals surface area contributed by atoms with E-state index >= 15 is 0 Å². The van der Waals surface area contributed by atoms with Gasteiger partial charge in [-0.3, -0.25) is 4.79 Å². The van der Waals surface area contributed by atoms with Gasteiger partial charge in [-0.05, 0) is 12.1 Å². The summed E-state index contributed by atoms with van der Waals surface area (Å²) in [5, 5.41) is 9.08. The van der Waals surface area contributed by atoms with Crippen LogP contribution in [-0.2, 0) is 21.6 Å². The first-order chi connectivity index (χ1) is 9.77. The second kappa shape index (κ2) is 4.23. The normalized spacial score (nSPS) is 20.0. The highest BCUT2D eigenvalue weighted by Crippen LogP contribution is 2.41. The zero-order valence-corrected chi connectivity index (χ0v) is 10.7. The maximum Gasteiger partial charge on any atom is 0.471 e. The minimum atomic E-state index is -4.97. The average Bonchev–Trinajstić information content (AvgIpc) is 2.77. The van der Waals surface area contributed by atoms with Crippen molar-refractivity contribution in [3.8, 4) is 0 Å². The first-order valence-corrected chi connectivity index (χ1v) is 6.17. The van der Waals surface area contributed by atoms with Crippen LogP contribution in [0, 0.1) is 0 Å². The highest BCUT2D eigenvalue weighted by atomic mass is 19.4. The second-order valence-corrected chi connectivity index (χ2v) is 5.04. The Bertz CT molecular complexity index is 619. The predicted molar refractivity (Wildman–Crippen MR) is 61.7 cm³/mol. The van der Waals surface area contributed by atoms with E-state index in [-0.39, 0.29) is 32.0 Å². The van der Waals surface area contributed by atoms with Crippen LogP contribution < -0.4 is 0 Å². The van der Waals surface area contributed by atoms with Crippen LogP contribution in [0.5, 0.6) is 0 Å². The Balaban J connectivity index is 2.05. The quantitative estimate of drug-likeness (QED) is 0.833. The summed E-state index contributed by atoms with van der Waals surface area (Å²) in [6.45, 7) is -0.340. The van der Waals surface area contributed by atoms with Gasteiger partial charge >= 0.3 is 18.1 Å². The Labute approximate surface area is 116 Å². The van der Waals surface area contributed by atoms with Gasteiger partial charge < -0.3 is 19.3 Å². The van der Waals surface area contributed by atoms with Crippen LogP contribution >= 0.6 is 0 Å². The van der Waals surface area contributed by atoms with E-state index in [1.54, 1.807) is 0 Å². The maximum atomic E-state index is 12.7. The number of hydrogen-bond donors (Lipinski definition) is 1. The number of carbonyl (C=O) groups excluding carboxylic acids is 1. The number of fused-ring (bicyclic) bond motifs is 2. The molecular formula is C12H11F3N2O4. The van der Waals surface area contributed by atoms with E-state index in [1.807, 2.05) is 0 Å². The van der Waals surface area contributed by atoms with Crippen molar-refractivity contribution in [3.63, 3.8) is 0 Å². The Morgan fingerprint density at radius 2 is 1.90 bits per heavy atom. The van der Waals surface area contributed by atoms with Gasteiger partial charge in [0.15, 0.2) is 0 Å². The fourth-order valence-corrected chi connectivity index (χ4v) is 2.90. The molecule has 0 atom stereocenters.